The molecule has 1 aliphatic heterocycles. The van der Waals surface area contributed by atoms with E-state index in [0.717, 1.165) is 50.2 Å². The first-order valence-corrected chi connectivity index (χ1v) is 9.93. The van der Waals surface area contributed by atoms with Gasteiger partial charge in [-0.1, -0.05) is 19.0 Å². The number of anilines is 1. The molecule has 1 N–H and O–H groups in total. The summed E-state index contributed by atoms with van der Waals surface area (Å²) in [6, 6.07) is 6.69. The van der Waals surface area contributed by atoms with E-state index in [-0.39, 0.29) is 11.7 Å². The molecule has 7 nitrogen and oxygen atoms in total. The number of nitrogens with zero attached hydrogens (tertiary/aromatic N) is 5. The molecule has 0 amide bonds. The van der Waals surface area contributed by atoms with Gasteiger partial charge in [-0.05, 0) is 31.2 Å². The lowest BCUT2D eigenvalue weighted by molar-refractivity contribution is 0.366. The SMILES string of the molecule is CCNC(=NCCc1nc(C(C)C)no1)N1CCN(c2ccc(F)cc2)CC1. The third kappa shape index (κ3) is 5.21. The van der Waals surface area contributed by atoms with Crippen LogP contribution in [-0.4, -0.2) is 60.3 Å². The third-order valence-electron chi connectivity index (χ3n) is 4.69. The first-order chi connectivity index (χ1) is 13.6. The van der Waals surface area contributed by atoms with E-state index >= 15 is 0 Å². The number of guanidine groups is 1. The summed E-state index contributed by atoms with van der Waals surface area (Å²) in [5, 5.41) is 7.36. The Balaban J connectivity index is 1.54. The summed E-state index contributed by atoms with van der Waals surface area (Å²) >= 11 is 0. The van der Waals surface area contributed by atoms with Gasteiger partial charge in [0.1, 0.15) is 5.82 Å². The van der Waals surface area contributed by atoms with E-state index in [4.69, 9.17) is 9.52 Å². The number of aromatic nitrogens is 2. The van der Waals surface area contributed by atoms with Crippen molar-refractivity contribution >= 4 is 11.6 Å². The summed E-state index contributed by atoms with van der Waals surface area (Å²) < 4.78 is 18.4. The van der Waals surface area contributed by atoms with Crippen molar-refractivity contribution in [1.82, 2.24) is 20.4 Å². The minimum atomic E-state index is -0.203. The van der Waals surface area contributed by atoms with Crippen LogP contribution < -0.4 is 10.2 Å². The number of halogens is 1. The number of benzene rings is 1. The number of piperazine rings is 1. The Morgan fingerprint density at radius 1 is 1.21 bits per heavy atom. The van der Waals surface area contributed by atoms with E-state index in [2.05, 4.69) is 32.2 Å². The van der Waals surface area contributed by atoms with Gasteiger partial charge in [-0.3, -0.25) is 4.99 Å². The maximum Gasteiger partial charge on any atom is 0.228 e. The highest BCUT2D eigenvalue weighted by atomic mass is 19.1. The predicted molar refractivity (Wildman–Crippen MR) is 108 cm³/mol. The topological polar surface area (TPSA) is 69.8 Å². The van der Waals surface area contributed by atoms with Crippen LogP contribution in [0.3, 0.4) is 0 Å². The fourth-order valence-electron chi connectivity index (χ4n) is 3.12. The maximum atomic E-state index is 13.1. The average molecular weight is 388 g/mol. The monoisotopic (exact) mass is 388 g/mol. The van der Waals surface area contributed by atoms with E-state index in [9.17, 15) is 4.39 Å². The highest BCUT2D eigenvalue weighted by Gasteiger charge is 2.20. The maximum absolute atomic E-state index is 13.1. The standard InChI is InChI=1S/C20H29FN6O/c1-4-22-20(23-10-9-18-24-19(15(2)3)25-28-18)27-13-11-26(12-14-27)17-7-5-16(21)6-8-17/h5-8,15H,4,9-14H2,1-3H3,(H,22,23). The molecule has 2 heterocycles. The Morgan fingerprint density at radius 2 is 1.93 bits per heavy atom. The number of rotatable bonds is 6. The van der Waals surface area contributed by atoms with Gasteiger partial charge in [0.25, 0.3) is 0 Å². The highest BCUT2D eigenvalue weighted by Crippen LogP contribution is 2.17. The molecule has 2 aromatic rings. The van der Waals surface area contributed by atoms with Crippen LogP contribution in [-0.2, 0) is 6.42 Å². The molecule has 1 aromatic carbocycles. The molecule has 152 valence electrons. The van der Waals surface area contributed by atoms with E-state index in [1.807, 2.05) is 26.0 Å². The average Bonchev–Trinajstić information content (AvgIpc) is 3.17. The Hall–Kier alpha value is -2.64. The molecule has 3 rings (SSSR count). The first-order valence-electron chi connectivity index (χ1n) is 9.93. The summed E-state index contributed by atoms with van der Waals surface area (Å²) in [6.07, 6.45) is 0.629. The molecule has 1 aliphatic rings. The van der Waals surface area contributed by atoms with Crippen molar-refractivity contribution in [3.05, 3.63) is 41.8 Å². The number of aliphatic imine (C=N–C) groups is 1. The van der Waals surface area contributed by atoms with Gasteiger partial charge in [0.2, 0.25) is 5.89 Å². The van der Waals surface area contributed by atoms with Crippen molar-refractivity contribution in [2.75, 3.05) is 44.2 Å². The summed E-state index contributed by atoms with van der Waals surface area (Å²) in [5.74, 6) is 2.33. The van der Waals surface area contributed by atoms with Gasteiger partial charge in [0.15, 0.2) is 11.8 Å². The van der Waals surface area contributed by atoms with Crippen molar-refractivity contribution < 1.29 is 8.91 Å². The second-order valence-corrected chi connectivity index (χ2v) is 7.14. The van der Waals surface area contributed by atoms with Gasteiger partial charge in [-0.2, -0.15) is 4.98 Å². The Morgan fingerprint density at radius 3 is 2.54 bits per heavy atom. The minimum Gasteiger partial charge on any atom is -0.368 e. The van der Waals surface area contributed by atoms with Crippen molar-refractivity contribution in [3.8, 4) is 0 Å². The van der Waals surface area contributed by atoms with Gasteiger partial charge < -0.3 is 19.6 Å². The van der Waals surface area contributed by atoms with E-state index in [1.165, 1.54) is 12.1 Å². The largest absolute Gasteiger partial charge is 0.368 e. The van der Waals surface area contributed by atoms with Crippen molar-refractivity contribution in [1.29, 1.82) is 0 Å². The summed E-state index contributed by atoms with van der Waals surface area (Å²) in [4.78, 5) is 13.7. The molecule has 28 heavy (non-hydrogen) atoms. The van der Waals surface area contributed by atoms with Crippen molar-refractivity contribution in [3.63, 3.8) is 0 Å². The number of nitrogens with one attached hydrogen (secondary N) is 1. The molecule has 1 aromatic heterocycles. The fraction of sp³-hybridized carbons (Fsp3) is 0.550. The fourth-order valence-corrected chi connectivity index (χ4v) is 3.12. The highest BCUT2D eigenvalue weighted by molar-refractivity contribution is 5.80. The molecule has 1 saturated heterocycles. The molecule has 0 radical (unpaired) electrons. The molecule has 8 heteroatoms. The van der Waals surface area contributed by atoms with Crippen LogP contribution in [0.25, 0.3) is 0 Å². The molecular weight excluding hydrogens is 359 g/mol. The molecule has 0 spiro atoms. The van der Waals surface area contributed by atoms with Crippen LogP contribution in [0.4, 0.5) is 10.1 Å². The van der Waals surface area contributed by atoms with Gasteiger partial charge >= 0.3 is 0 Å². The van der Waals surface area contributed by atoms with Gasteiger partial charge in [0.05, 0.1) is 6.54 Å². The van der Waals surface area contributed by atoms with Gasteiger partial charge in [-0.25, -0.2) is 4.39 Å². The molecular formula is C20H29FN6O. The van der Waals surface area contributed by atoms with Crippen LogP contribution >= 0.6 is 0 Å². The lowest BCUT2D eigenvalue weighted by Crippen LogP contribution is -2.52. The van der Waals surface area contributed by atoms with Crippen molar-refractivity contribution in [2.45, 2.75) is 33.1 Å². The van der Waals surface area contributed by atoms with Crippen LogP contribution in [0.2, 0.25) is 0 Å². The minimum absolute atomic E-state index is 0.203. The smallest absolute Gasteiger partial charge is 0.228 e. The zero-order valence-electron chi connectivity index (χ0n) is 16.9. The van der Waals surface area contributed by atoms with E-state index in [1.54, 1.807) is 0 Å². The molecule has 0 saturated carbocycles. The van der Waals surface area contributed by atoms with Crippen LogP contribution in [0, 0.1) is 5.82 Å². The Kier molecular flexibility index (Phi) is 6.84. The van der Waals surface area contributed by atoms with E-state index in [0.29, 0.717) is 18.9 Å². The van der Waals surface area contributed by atoms with Gasteiger partial charge in [-0.15, -0.1) is 0 Å². The summed E-state index contributed by atoms with van der Waals surface area (Å²) in [5.41, 5.74) is 1.06. The quantitative estimate of drug-likeness (QED) is 0.606. The number of hydrogen-bond acceptors (Lipinski definition) is 5. The van der Waals surface area contributed by atoms with Crippen LogP contribution in [0.15, 0.2) is 33.8 Å². The normalized spacial score (nSPS) is 15.4. The van der Waals surface area contributed by atoms with Gasteiger partial charge in [0, 0.05) is 50.7 Å². The zero-order chi connectivity index (χ0) is 19.9. The second kappa shape index (κ2) is 9.52. The Labute approximate surface area is 165 Å². The zero-order valence-corrected chi connectivity index (χ0v) is 16.9. The predicted octanol–water partition coefficient (Wildman–Crippen LogP) is 2.66. The Bertz CT molecular complexity index is 765. The lowest BCUT2D eigenvalue weighted by atomic mass is 10.2. The molecule has 0 atom stereocenters. The van der Waals surface area contributed by atoms with E-state index < -0.39 is 0 Å². The molecule has 0 aliphatic carbocycles. The molecule has 1 fully saturated rings. The first kappa shape index (κ1) is 20.1. The summed E-state index contributed by atoms with van der Waals surface area (Å²) in [7, 11) is 0. The van der Waals surface area contributed by atoms with Crippen LogP contribution in [0.1, 0.15) is 38.4 Å². The second-order valence-electron chi connectivity index (χ2n) is 7.14. The van der Waals surface area contributed by atoms with Crippen LogP contribution in [0.5, 0.6) is 0 Å². The lowest BCUT2D eigenvalue weighted by Gasteiger charge is -2.37. The molecule has 0 unspecified atom stereocenters. The van der Waals surface area contributed by atoms with Crippen molar-refractivity contribution in [2.24, 2.45) is 4.99 Å². The molecule has 0 bridgehead atoms. The number of hydrogen-bond donors (Lipinski definition) is 1. The summed E-state index contributed by atoms with van der Waals surface area (Å²) in [6.45, 7) is 11.0. The third-order valence-corrected chi connectivity index (χ3v) is 4.69.